The van der Waals surface area contributed by atoms with Crippen LogP contribution in [0.1, 0.15) is 22.3 Å². The van der Waals surface area contributed by atoms with Crippen LogP contribution in [-0.2, 0) is 5.41 Å². The van der Waals surface area contributed by atoms with Gasteiger partial charge in [0.2, 0.25) is 5.95 Å². The van der Waals surface area contributed by atoms with Gasteiger partial charge in [0.05, 0.1) is 27.5 Å². The van der Waals surface area contributed by atoms with Gasteiger partial charge in [-0.1, -0.05) is 206 Å². The monoisotopic (exact) mass is 877 g/mol. The highest BCUT2D eigenvalue weighted by Crippen LogP contribution is 2.64. The average molecular weight is 878 g/mol. The minimum atomic E-state index is -0.503. The summed E-state index contributed by atoms with van der Waals surface area (Å²) in [5.41, 5.74) is 19.1. The first-order chi connectivity index (χ1) is 34.3. The summed E-state index contributed by atoms with van der Waals surface area (Å²) in [6.07, 6.45) is 0. The molecule has 2 aliphatic rings. The Bertz CT molecular complexity index is 4200. The Morgan fingerprint density at radius 1 is 0.304 bits per heavy atom. The quantitative estimate of drug-likeness (QED) is 0.173. The number of aromatic nitrogens is 5. The third-order valence-electron chi connectivity index (χ3n) is 14.8. The molecule has 1 spiro atoms. The molecule has 2 aliphatic carbocycles. The van der Waals surface area contributed by atoms with Gasteiger partial charge in [-0.3, -0.25) is 4.57 Å². The summed E-state index contributed by atoms with van der Waals surface area (Å²) in [5, 5.41) is 4.58. The van der Waals surface area contributed by atoms with Gasteiger partial charge in [-0.25, -0.2) is 4.98 Å². The van der Waals surface area contributed by atoms with Gasteiger partial charge in [-0.05, 0) is 86.0 Å². The third-order valence-corrected chi connectivity index (χ3v) is 14.8. The van der Waals surface area contributed by atoms with Crippen molar-refractivity contribution in [1.29, 1.82) is 0 Å². The van der Waals surface area contributed by atoms with Crippen LogP contribution in [0, 0.1) is 0 Å². The van der Waals surface area contributed by atoms with Gasteiger partial charge in [0, 0.05) is 38.4 Å². The molecule has 320 valence electrons. The Balaban J connectivity index is 1.06. The smallest absolute Gasteiger partial charge is 0.238 e. The molecule has 0 radical (unpaired) electrons. The van der Waals surface area contributed by atoms with Gasteiger partial charge in [0.25, 0.3) is 0 Å². The van der Waals surface area contributed by atoms with Crippen LogP contribution in [-0.4, -0.2) is 24.1 Å². The topological polar surface area (TPSA) is 48.5 Å². The van der Waals surface area contributed by atoms with E-state index in [1.807, 2.05) is 6.07 Å². The van der Waals surface area contributed by atoms with Crippen LogP contribution in [0.4, 0.5) is 0 Å². The molecule has 0 atom stereocenters. The van der Waals surface area contributed by atoms with E-state index in [0.29, 0.717) is 17.6 Å². The van der Waals surface area contributed by atoms with Crippen LogP contribution in [0.15, 0.2) is 237 Å². The molecule has 3 aromatic heterocycles. The minimum Gasteiger partial charge on any atom is -0.307 e. The van der Waals surface area contributed by atoms with E-state index in [0.717, 1.165) is 60.6 Å². The second-order valence-corrected chi connectivity index (χ2v) is 18.2. The molecule has 15 rings (SSSR count). The number of hydrogen-bond donors (Lipinski definition) is 0. The summed E-state index contributed by atoms with van der Waals surface area (Å²) in [6.45, 7) is 0. The lowest BCUT2D eigenvalue weighted by Crippen LogP contribution is -2.25. The maximum Gasteiger partial charge on any atom is 0.238 e. The average Bonchev–Trinajstić information content (AvgIpc) is 4.14. The lowest BCUT2D eigenvalue weighted by Gasteiger charge is -2.30. The molecule has 0 fully saturated rings. The van der Waals surface area contributed by atoms with Gasteiger partial charge < -0.3 is 4.57 Å². The largest absolute Gasteiger partial charge is 0.307 e. The molecule has 0 aliphatic heterocycles. The zero-order valence-corrected chi connectivity index (χ0v) is 37.3. The maximum absolute atomic E-state index is 5.67. The fraction of sp³-hybridized carbons (Fsp3) is 0.0156. The molecule has 10 aromatic carbocycles. The molecule has 0 N–H and O–H groups in total. The predicted molar refractivity (Wildman–Crippen MR) is 281 cm³/mol. The molecule has 0 unspecified atom stereocenters. The summed E-state index contributed by atoms with van der Waals surface area (Å²) in [4.78, 5) is 16.6. The summed E-state index contributed by atoms with van der Waals surface area (Å²) >= 11 is 0. The molecule has 69 heavy (non-hydrogen) atoms. The van der Waals surface area contributed by atoms with E-state index < -0.39 is 5.41 Å². The van der Waals surface area contributed by atoms with Crippen molar-refractivity contribution >= 4 is 43.6 Å². The predicted octanol–water partition coefficient (Wildman–Crippen LogP) is 15.4. The lowest BCUT2D eigenvalue weighted by molar-refractivity contribution is 0.794. The van der Waals surface area contributed by atoms with E-state index in [1.165, 1.54) is 55.5 Å². The van der Waals surface area contributed by atoms with Crippen molar-refractivity contribution < 1.29 is 0 Å². The molecule has 13 aromatic rings. The Morgan fingerprint density at radius 3 is 1.55 bits per heavy atom. The summed E-state index contributed by atoms with van der Waals surface area (Å²) in [7, 11) is 0. The molecule has 0 amide bonds. The van der Waals surface area contributed by atoms with Crippen LogP contribution in [0.2, 0.25) is 0 Å². The molecular weight excluding hydrogens is 839 g/mol. The Labute approximate surface area is 397 Å². The molecule has 3 heterocycles. The molecule has 5 nitrogen and oxygen atoms in total. The van der Waals surface area contributed by atoms with E-state index >= 15 is 0 Å². The number of benzene rings is 10. The van der Waals surface area contributed by atoms with Gasteiger partial charge in [-0.15, -0.1) is 0 Å². The van der Waals surface area contributed by atoms with Gasteiger partial charge >= 0.3 is 0 Å². The third kappa shape index (κ3) is 5.21. The summed E-state index contributed by atoms with van der Waals surface area (Å²) < 4.78 is 4.72. The van der Waals surface area contributed by atoms with E-state index in [4.69, 9.17) is 15.0 Å². The van der Waals surface area contributed by atoms with Crippen molar-refractivity contribution in [2.45, 2.75) is 5.41 Å². The number of rotatable bonds is 5. The van der Waals surface area contributed by atoms with E-state index in [2.05, 4.69) is 240 Å². The van der Waals surface area contributed by atoms with Crippen LogP contribution >= 0.6 is 0 Å². The highest BCUT2D eigenvalue weighted by Gasteiger charge is 2.52. The molecular formula is C64H39N5. The summed E-state index contributed by atoms with van der Waals surface area (Å²) in [5.74, 6) is 1.79. The van der Waals surface area contributed by atoms with E-state index in [1.54, 1.807) is 0 Å². The van der Waals surface area contributed by atoms with Crippen molar-refractivity contribution in [3.8, 4) is 67.8 Å². The van der Waals surface area contributed by atoms with Crippen LogP contribution in [0.3, 0.4) is 0 Å². The Kier molecular flexibility index (Phi) is 7.93. The van der Waals surface area contributed by atoms with E-state index in [9.17, 15) is 0 Å². The van der Waals surface area contributed by atoms with Crippen LogP contribution in [0.5, 0.6) is 0 Å². The fourth-order valence-corrected chi connectivity index (χ4v) is 12.0. The van der Waals surface area contributed by atoms with Crippen LogP contribution < -0.4 is 0 Å². The Hall–Kier alpha value is -9.19. The first-order valence-corrected chi connectivity index (χ1v) is 23.6. The zero-order valence-electron chi connectivity index (χ0n) is 37.3. The van der Waals surface area contributed by atoms with Crippen molar-refractivity contribution in [3.05, 3.63) is 259 Å². The lowest BCUT2D eigenvalue weighted by atomic mass is 9.70. The fourth-order valence-electron chi connectivity index (χ4n) is 12.0. The van der Waals surface area contributed by atoms with Gasteiger partial charge in [0.15, 0.2) is 11.6 Å². The van der Waals surface area contributed by atoms with Crippen molar-refractivity contribution in [3.63, 3.8) is 0 Å². The first kappa shape index (κ1) is 38.0. The normalized spacial score (nSPS) is 13.0. The van der Waals surface area contributed by atoms with Crippen molar-refractivity contribution in [2.24, 2.45) is 0 Å². The number of nitrogens with zero attached hydrogens (tertiary/aromatic N) is 5. The second-order valence-electron chi connectivity index (χ2n) is 18.2. The highest BCUT2D eigenvalue weighted by atomic mass is 15.2. The zero-order chi connectivity index (χ0) is 45.2. The number of para-hydroxylation sites is 2. The standard InChI is InChI=1S/C64H39N5/c1-4-19-40(20-5-1)42-35-38-57-51(39-42)48-37-36-47-46-27-13-17-34-56(46)69(60(47)59(48)68(57)43-23-8-3-9-24-43)63-66-61(41-21-6-2-7-22-41)65-62(67-63)50-29-18-33-55-58(50)49-28-12-16-32-54(49)64(55)52-30-14-10-25-44(52)45-26-11-15-31-53(45)64/h1-39H. The number of hydrogen-bond acceptors (Lipinski definition) is 3. The number of fused-ring (bicyclic) bond motifs is 17. The minimum absolute atomic E-state index is 0.503. The molecule has 0 bridgehead atoms. The van der Waals surface area contributed by atoms with Crippen LogP contribution in [0.25, 0.3) is 111 Å². The molecule has 0 saturated heterocycles. The molecule has 0 saturated carbocycles. The highest BCUT2D eigenvalue weighted by molar-refractivity contribution is 6.24. The van der Waals surface area contributed by atoms with E-state index in [-0.39, 0.29) is 0 Å². The van der Waals surface area contributed by atoms with Crippen molar-refractivity contribution in [1.82, 2.24) is 24.1 Å². The van der Waals surface area contributed by atoms with Gasteiger partial charge in [-0.2, -0.15) is 9.97 Å². The second kappa shape index (κ2) is 14.4. The Morgan fingerprint density at radius 2 is 0.826 bits per heavy atom. The SMILES string of the molecule is c1ccc(-c2ccc3c(c2)c2ccc4c5ccccc5n(-c5nc(-c6ccccc6)nc(-c6cccc7c6-c6ccccc6C76c7ccccc7-c7ccccc76)n5)c4c2n3-c2ccccc2)cc1. The first-order valence-electron chi connectivity index (χ1n) is 23.6. The van der Waals surface area contributed by atoms with Gasteiger partial charge in [0.1, 0.15) is 0 Å². The molecule has 5 heteroatoms. The summed E-state index contributed by atoms with van der Waals surface area (Å²) in [6, 6.07) is 85.4. The van der Waals surface area contributed by atoms with Crippen molar-refractivity contribution in [2.75, 3.05) is 0 Å². The maximum atomic E-state index is 5.67.